The van der Waals surface area contributed by atoms with Gasteiger partial charge in [0, 0.05) is 43.3 Å². The third-order valence-electron chi connectivity index (χ3n) is 5.63. The normalized spacial score (nSPS) is 11.6. The molecule has 1 N–H and O–H groups in total. The third-order valence-corrected chi connectivity index (χ3v) is 6.13. The van der Waals surface area contributed by atoms with Crippen LogP contribution >= 0.6 is 23.2 Å². The Morgan fingerprint density at radius 2 is 1.46 bits per heavy atom. The van der Waals surface area contributed by atoms with E-state index in [1.807, 2.05) is 54.6 Å². The molecule has 0 radical (unpaired) electrons. The van der Waals surface area contributed by atoms with E-state index >= 15 is 0 Å². The zero-order valence-corrected chi connectivity index (χ0v) is 21.3. The summed E-state index contributed by atoms with van der Waals surface area (Å²) in [5, 5.41) is 4.21. The third kappa shape index (κ3) is 8.70. The molecule has 184 valence electrons. The molecular formula is C28H30Cl2N2O3. The van der Waals surface area contributed by atoms with E-state index < -0.39 is 6.04 Å². The van der Waals surface area contributed by atoms with Crippen LogP contribution in [0.5, 0.6) is 0 Å². The number of rotatable bonds is 12. The molecule has 0 aliphatic heterocycles. The van der Waals surface area contributed by atoms with Crippen molar-refractivity contribution in [2.24, 2.45) is 0 Å². The first kappa shape index (κ1) is 26.7. The molecule has 0 aliphatic rings. The highest BCUT2D eigenvalue weighted by Crippen LogP contribution is 2.19. The van der Waals surface area contributed by atoms with Crippen LogP contribution in [0.25, 0.3) is 0 Å². The van der Waals surface area contributed by atoms with Crippen LogP contribution in [0.15, 0.2) is 78.9 Å². The maximum absolute atomic E-state index is 13.6. The Hall–Kier alpha value is -2.86. The highest BCUT2D eigenvalue weighted by atomic mass is 35.5. The number of methoxy groups -OCH3 is 1. The molecule has 3 aromatic carbocycles. The summed E-state index contributed by atoms with van der Waals surface area (Å²) in [5.41, 5.74) is 2.70. The van der Waals surface area contributed by atoms with Crippen molar-refractivity contribution in [2.75, 3.05) is 20.3 Å². The highest BCUT2D eigenvalue weighted by molar-refractivity contribution is 6.30. The minimum absolute atomic E-state index is 0.143. The van der Waals surface area contributed by atoms with E-state index in [0.717, 1.165) is 16.7 Å². The van der Waals surface area contributed by atoms with E-state index in [2.05, 4.69) is 5.32 Å². The summed E-state index contributed by atoms with van der Waals surface area (Å²) in [6.45, 7) is 1.30. The molecule has 0 spiro atoms. The SMILES string of the molecule is COCCCNC(=O)[C@@H](Cc1ccccc1)N(Cc1ccc(Cl)cc1)C(=O)Cc1ccc(Cl)cc1. The number of carbonyl (C=O) groups excluding carboxylic acids is 2. The molecular weight excluding hydrogens is 483 g/mol. The van der Waals surface area contributed by atoms with E-state index in [0.29, 0.717) is 36.0 Å². The lowest BCUT2D eigenvalue weighted by Gasteiger charge is -2.31. The van der Waals surface area contributed by atoms with E-state index in [1.165, 1.54) is 0 Å². The van der Waals surface area contributed by atoms with Gasteiger partial charge in [0.1, 0.15) is 6.04 Å². The molecule has 0 aliphatic carbocycles. The predicted octanol–water partition coefficient (Wildman–Crippen LogP) is 5.33. The summed E-state index contributed by atoms with van der Waals surface area (Å²) in [7, 11) is 1.63. The second-order valence-corrected chi connectivity index (χ2v) is 9.17. The zero-order chi connectivity index (χ0) is 25.0. The summed E-state index contributed by atoms with van der Waals surface area (Å²) in [5.74, 6) is -0.335. The van der Waals surface area contributed by atoms with Gasteiger partial charge < -0.3 is 15.0 Å². The molecule has 0 saturated heterocycles. The van der Waals surface area contributed by atoms with Gasteiger partial charge in [-0.1, -0.05) is 77.8 Å². The molecule has 3 aromatic rings. The number of halogens is 2. The average Bonchev–Trinajstić information content (AvgIpc) is 2.87. The monoisotopic (exact) mass is 512 g/mol. The van der Waals surface area contributed by atoms with E-state index in [4.69, 9.17) is 27.9 Å². The van der Waals surface area contributed by atoms with Crippen LogP contribution in [0, 0.1) is 0 Å². The first-order valence-corrected chi connectivity index (χ1v) is 12.3. The second kappa shape index (κ2) is 13.9. The zero-order valence-electron chi connectivity index (χ0n) is 19.8. The van der Waals surface area contributed by atoms with Crippen molar-refractivity contribution in [3.63, 3.8) is 0 Å². The van der Waals surface area contributed by atoms with Gasteiger partial charge in [-0.05, 0) is 47.4 Å². The molecule has 0 aromatic heterocycles. The van der Waals surface area contributed by atoms with Gasteiger partial charge in [-0.25, -0.2) is 0 Å². The maximum Gasteiger partial charge on any atom is 0.243 e. The van der Waals surface area contributed by atoms with Gasteiger partial charge in [-0.2, -0.15) is 0 Å². The van der Waals surface area contributed by atoms with Crippen LogP contribution in [0.1, 0.15) is 23.1 Å². The van der Waals surface area contributed by atoms with Crippen LogP contribution in [-0.4, -0.2) is 43.0 Å². The van der Waals surface area contributed by atoms with Gasteiger partial charge in [0.05, 0.1) is 6.42 Å². The number of hydrogen-bond donors (Lipinski definition) is 1. The van der Waals surface area contributed by atoms with Gasteiger partial charge in [0.25, 0.3) is 0 Å². The molecule has 2 amide bonds. The molecule has 0 bridgehead atoms. The minimum Gasteiger partial charge on any atom is -0.385 e. The Bertz CT molecular complexity index is 1070. The van der Waals surface area contributed by atoms with Gasteiger partial charge >= 0.3 is 0 Å². The molecule has 0 unspecified atom stereocenters. The van der Waals surface area contributed by atoms with Gasteiger partial charge in [-0.15, -0.1) is 0 Å². The standard InChI is InChI=1S/C28H30Cl2N2O3/c1-35-17-5-16-31-28(34)26(18-21-6-3-2-4-7-21)32(20-23-10-14-25(30)15-11-23)27(33)19-22-8-12-24(29)13-9-22/h2-4,6-15,26H,5,16-20H2,1H3,(H,31,34)/t26-/m1/s1. The summed E-state index contributed by atoms with van der Waals surface area (Å²) < 4.78 is 5.09. The maximum atomic E-state index is 13.6. The van der Waals surface area contributed by atoms with Gasteiger partial charge in [-0.3, -0.25) is 9.59 Å². The van der Waals surface area contributed by atoms with Gasteiger partial charge in [0.15, 0.2) is 0 Å². The lowest BCUT2D eigenvalue weighted by molar-refractivity contribution is -0.140. The van der Waals surface area contributed by atoms with Gasteiger partial charge in [0.2, 0.25) is 11.8 Å². The smallest absolute Gasteiger partial charge is 0.243 e. The van der Waals surface area contributed by atoms with Crippen molar-refractivity contribution in [1.29, 1.82) is 0 Å². The summed E-state index contributed by atoms with van der Waals surface area (Å²) in [6, 6.07) is 23.6. The molecule has 35 heavy (non-hydrogen) atoms. The fraction of sp³-hybridized carbons (Fsp3) is 0.286. The number of nitrogens with one attached hydrogen (secondary N) is 1. The van der Waals surface area contributed by atoms with Crippen molar-refractivity contribution in [2.45, 2.75) is 31.8 Å². The van der Waals surface area contributed by atoms with Crippen molar-refractivity contribution in [3.8, 4) is 0 Å². The number of benzene rings is 3. The highest BCUT2D eigenvalue weighted by Gasteiger charge is 2.30. The van der Waals surface area contributed by atoms with Crippen molar-refractivity contribution in [3.05, 3.63) is 106 Å². The molecule has 1 atom stereocenters. The largest absolute Gasteiger partial charge is 0.385 e. The first-order chi connectivity index (χ1) is 17.0. The molecule has 3 rings (SSSR count). The number of hydrogen-bond acceptors (Lipinski definition) is 3. The van der Waals surface area contributed by atoms with E-state index in [-0.39, 0.29) is 24.8 Å². The first-order valence-electron chi connectivity index (χ1n) is 11.5. The topological polar surface area (TPSA) is 58.6 Å². The average molecular weight is 513 g/mol. The Morgan fingerprint density at radius 3 is 2.06 bits per heavy atom. The van der Waals surface area contributed by atoms with Crippen LogP contribution < -0.4 is 5.32 Å². The Balaban J connectivity index is 1.90. The quantitative estimate of drug-likeness (QED) is 0.333. The van der Waals surface area contributed by atoms with Crippen molar-refractivity contribution < 1.29 is 14.3 Å². The fourth-order valence-electron chi connectivity index (χ4n) is 3.76. The van der Waals surface area contributed by atoms with E-state index in [1.54, 1.807) is 36.3 Å². The lowest BCUT2D eigenvalue weighted by Crippen LogP contribution is -2.51. The Morgan fingerprint density at radius 1 is 0.857 bits per heavy atom. The molecule has 7 heteroatoms. The second-order valence-electron chi connectivity index (χ2n) is 8.29. The van der Waals surface area contributed by atoms with Crippen LogP contribution in [0.3, 0.4) is 0 Å². The summed E-state index contributed by atoms with van der Waals surface area (Å²) >= 11 is 12.1. The van der Waals surface area contributed by atoms with Crippen LogP contribution in [0.4, 0.5) is 0 Å². The van der Waals surface area contributed by atoms with Crippen molar-refractivity contribution >= 4 is 35.0 Å². The number of nitrogens with zero attached hydrogens (tertiary/aromatic N) is 1. The Kier molecular flexibility index (Phi) is 10.6. The lowest BCUT2D eigenvalue weighted by atomic mass is 10.0. The van der Waals surface area contributed by atoms with E-state index in [9.17, 15) is 9.59 Å². The summed E-state index contributed by atoms with van der Waals surface area (Å²) in [6.07, 6.45) is 1.25. The predicted molar refractivity (Wildman–Crippen MR) is 141 cm³/mol. The fourth-order valence-corrected chi connectivity index (χ4v) is 4.02. The molecule has 5 nitrogen and oxygen atoms in total. The van der Waals surface area contributed by atoms with Crippen LogP contribution in [-0.2, 0) is 33.7 Å². The van der Waals surface area contributed by atoms with Crippen molar-refractivity contribution in [1.82, 2.24) is 10.2 Å². The minimum atomic E-state index is -0.685. The summed E-state index contributed by atoms with van der Waals surface area (Å²) in [4.78, 5) is 28.7. The molecule has 0 fully saturated rings. The van der Waals surface area contributed by atoms with Crippen LogP contribution in [0.2, 0.25) is 10.0 Å². The Labute approximate surface area is 217 Å². The molecule has 0 heterocycles. The number of ether oxygens (including phenoxy) is 1. The number of carbonyl (C=O) groups is 2. The number of amides is 2. The molecule has 0 saturated carbocycles.